The normalized spacial score (nSPS) is 17.8. The van der Waals surface area contributed by atoms with E-state index in [4.69, 9.17) is 11.6 Å². The van der Waals surface area contributed by atoms with Gasteiger partial charge < -0.3 is 5.32 Å². The first-order chi connectivity index (χ1) is 9.33. The average molecular weight is 310 g/mol. The van der Waals surface area contributed by atoms with Crippen LogP contribution >= 0.6 is 24.0 Å². The highest BCUT2D eigenvalue weighted by Gasteiger charge is 2.20. The monoisotopic (exact) mass is 309 g/mol. The molecule has 0 spiro atoms. The first kappa shape index (κ1) is 15.2. The molecular formula is C15H17Cl2N3. The van der Waals surface area contributed by atoms with Gasteiger partial charge in [-0.1, -0.05) is 23.7 Å². The van der Waals surface area contributed by atoms with Crippen LogP contribution < -0.4 is 5.32 Å². The van der Waals surface area contributed by atoms with Crippen LogP contribution in [0, 0.1) is 0 Å². The number of aromatic nitrogens is 2. The Kier molecular flexibility index (Phi) is 5.35. The first-order valence-electron chi connectivity index (χ1n) is 6.59. The van der Waals surface area contributed by atoms with Crippen molar-refractivity contribution in [2.45, 2.75) is 25.3 Å². The molecule has 1 fully saturated rings. The van der Waals surface area contributed by atoms with Gasteiger partial charge in [0.1, 0.15) is 6.33 Å². The van der Waals surface area contributed by atoms with Crippen molar-refractivity contribution in [3.05, 3.63) is 58.6 Å². The van der Waals surface area contributed by atoms with Crippen LogP contribution in [0.2, 0.25) is 5.02 Å². The summed E-state index contributed by atoms with van der Waals surface area (Å²) < 4.78 is 0. The molecule has 1 aliphatic rings. The first-order valence-corrected chi connectivity index (χ1v) is 6.97. The summed E-state index contributed by atoms with van der Waals surface area (Å²) in [6.45, 7) is 1.08. The van der Waals surface area contributed by atoms with E-state index in [2.05, 4.69) is 27.4 Å². The number of nitrogens with zero attached hydrogens (tertiary/aromatic N) is 2. The number of halogens is 2. The standard InChI is InChI=1S/C15H16ClN3.ClH/c16-13-5-3-11(4-6-13)8-12-9-17-10-19-15(12)14-2-1-7-18-14;/h3-6,9-10,14,18H,1-2,7-8H2;1H/t14-;/m1./s1. The summed E-state index contributed by atoms with van der Waals surface area (Å²) in [5.41, 5.74) is 3.57. The lowest BCUT2D eigenvalue weighted by Gasteiger charge is -2.14. The molecule has 3 nitrogen and oxygen atoms in total. The lowest BCUT2D eigenvalue weighted by molar-refractivity contribution is 0.618. The van der Waals surface area contributed by atoms with E-state index in [-0.39, 0.29) is 12.4 Å². The molecule has 0 aliphatic carbocycles. The molecule has 2 heterocycles. The van der Waals surface area contributed by atoms with Crippen molar-refractivity contribution < 1.29 is 0 Å². The van der Waals surface area contributed by atoms with E-state index in [1.165, 1.54) is 17.5 Å². The molecule has 5 heteroatoms. The van der Waals surface area contributed by atoms with Gasteiger partial charge in [0.15, 0.2) is 0 Å². The maximum atomic E-state index is 5.91. The fraction of sp³-hybridized carbons (Fsp3) is 0.333. The molecule has 1 aliphatic heterocycles. The molecule has 3 rings (SSSR count). The molecule has 1 atom stereocenters. The van der Waals surface area contributed by atoms with E-state index in [1.807, 2.05) is 18.3 Å². The minimum atomic E-state index is 0. The highest BCUT2D eigenvalue weighted by Crippen LogP contribution is 2.25. The molecule has 0 amide bonds. The van der Waals surface area contributed by atoms with E-state index in [9.17, 15) is 0 Å². The molecular weight excluding hydrogens is 293 g/mol. The zero-order valence-corrected chi connectivity index (χ0v) is 12.6. The second-order valence-corrected chi connectivity index (χ2v) is 5.32. The van der Waals surface area contributed by atoms with Gasteiger partial charge in [0.25, 0.3) is 0 Å². The van der Waals surface area contributed by atoms with Gasteiger partial charge in [-0.05, 0) is 42.6 Å². The lowest BCUT2D eigenvalue weighted by atomic mass is 10.0. The van der Waals surface area contributed by atoms with Crippen LogP contribution in [0.1, 0.15) is 35.7 Å². The summed E-state index contributed by atoms with van der Waals surface area (Å²) >= 11 is 5.91. The predicted octanol–water partition coefficient (Wildman–Crippen LogP) is 3.57. The zero-order chi connectivity index (χ0) is 13.1. The van der Waals surface area contributed by atoms with Crippen molar-refractivity contribution >= 4 is 24.0 Å². The number of hydrogen-bond donors (Lipinski definition) is 1. The fourth-order valence-electron chi connectivity index (χ4n) is 2.56. The summed E-state index contributed by atoms with van der Waals surface area (Å²) in [6, 6.07) is 8.34. The Morgan fingerprint density at radius 3 is 2.75 bits per heavy atom. The van der Waals surface area contributed by atoms with E-state index in [0.29, 0.717) is 6.04 Å². The van der Waals surface area contributed by atoms with Crippen LogP contribution in [0.4, 0.5) is 0 Å². The largest absolute Gasteiger partial charge is 0.309 e. The Balaban J connectivity index is 0.00000147. The van der Waals surface area contributed by atoms with E-state index < -0.39 is 0 Å². The highest BCUT2D eigenvalue weighted by atomic mass is 35.5. The van der Waals surface area contributed by atoms with Crippen molar-refractivity contribution in [1.29, 1.82) is 0 Å². The van der Waals surface area contributed by atoms with Gasteiger partial charge in [0.05, 0.1) is 5.69 Å². The topological polar surface area (TPSA) is 37.8 Å². The van der Waals surface area contributed by atoms with Crippen molar-refractivity contribution in [2.24, 2.45) is 0 Å². The Labute approximate surface area is 130 Å². The highest BCUT2D eigenvalue weighted by molar-refractivity contribution is 6.30. The second-order valence-electron chi connectivity index (χ2n) is 4.89. The third kappa shape index (κ3) is 3.48. The zero-order valence-electron chi connectivity index (χ0n) is 11.1. The van der Waals surface area contributed by atoms with Crippen molar-refractivity contribution in [2.75, 3.05) is 6.54 Å². The Bertz CT molecular complexity index is 551. The van der Waals surface area contributed by atoms with Crippen molar-refractivity contribution in [3.8, 4) is 0 Å². The fourth-order valence-corrected chi connectivity index (χ4v) is 2.68. The van der Waals surface area contributed by atoms with Gasteiger partial charge in [0, 0.05) is 23.7 Å². The molecule has 0 unspecified atom stereocenters. The Hall–Kier alpha value is -1.16. The quantitative estimate of drug-likeness (QED) is 0.942. The van der Waals surface area contributed by atoms with E-state index in [1.54, 1.807) is 6.33 Å². The van der Waals surface area contributed by atoms with Gasteiger partial charge in [-0.2, -0.15) is 0 Å². The van der Waals surface area contributed by atoms with Crippen LogP contribution in [-0.2, 0) is 6.42 Å². The van der Waals surface area contributed by atoms with E-state index >= 15 is 0 Å². The van der Waals surface area contributed by atoms with Gasteiger partial charge in [-0.15, -0.1) is 12.4 Å². The summed E-state index contributed by atoms with van der Waals surface area (Å²) in [5, 5.41) is 4.27. The summed E-state index contributed by atoms with van der Waals surface area (Å²) in [7, 11) is 0. The lowest BCUT2D eigenvalue weighted by Crippen LogP contribution is -2.16. The maximum Gasteiger partial charge on any atom is 0.115 e. The molecule has 0 bridgehead atoms. The number of nitrogens with one attached hydrogen (secondary N) is 1. The molecule has 106 valence electrons. The number of hydrogen-bond acceptors (Lipinski definition) is 3. The molecule has 20 heavy (non-hydrogen) atoms. The maximum absolute atomic E-state index is 5.91. The third-order valence-electron chi connectivity index (χ3n) is 3.52. The molecule has 1 N–H and O–H groups in total. The molecule has 1 saturated heterocycles. The second kappa shape index (κ2) is 7.02. The molecule has 1 aromatic heterocycles. The summed E-state index contributed by atoms with van der Waals surface area (Å²) in [6.07, 6.45) is 6.79. The van der Waals surface area contributed by atoms with Crippen molar-refractivity contribution in [3.63, 3.8) is 0 Å². The predicted molar refractivity (Wildman–Crippen MR) is 83.5 cm³/mol. The van der Waals surface area contributed by atoms with Crippen LogP contribution in [0.15, 0.2) is 36.8 Å². The number of rotatable bonds is 3. The molecule has 2 aromatic rings. The Morgan fingerprint density at radius 1 is 1.25 bits per heavy atom. The number of benzene rings is 1. The van der Waals surface area contributed by atoms with Crippen LogP contribution in [0.3, 0.4) is 0 Å². The van der Waals surface area contributed by atoms with Gasteiger partial charge in [0.2, 0.25) is 0 Å². The van der Waals surface area contributed by atoms with Gasteiger partial charge in [-0.25, -0.2) is 9.97 Å². The van der Waals surface area contributed by atoms with Crippen molar-refractivity contribution in [1.82, 2.24) is 15.3 Å². The smallest absolute Gasteiger partial charge is 0.115 e. The molecule has 1 aromatic carbocycles. The average Bonchev–Trinajstić information content (AvgIpc) is 2.96. The molecule has 0 radical (unpaired) electrons. The summed E-state index contributed by atoms with van der Waals surface area (Å²) in [4.78, 5) is 8.64. The Morgan fingerprint density at radius 2 is 2.05 bits per heavy atom. The van der Waals surface area contributed by atoms with Crippen LogP contribution in [-0.4, -0.2) is 16.5 Å². The van der Waals surface area contributed by atoms with Crippen LogP contribution in [0.5, 0.6) is 0 Å². The summed E-state index contributed by atoms with van der Waals surface area (Å²) in [5.74, 6) is 0. The van der Waals surface area contributed by atoms with Gasteiger partial charge >= 0.3 is 0 Å². The minimum absolute atomic E-state index is 0. The van der Waals surface area contributed by atoms with Gasteiger partial charge in [-0.3, -0.25) is 0 Å². The molecule has 0 saturated carbocycles. The van der Waals surface area contributed by atoms with E-state index in [0.717, 1.165) is 30.1 Å². The SMILES string of the molecule is Cl.Clc1ccc(Cc2cncnc2[C@H]2CCCN2)cc1. The minimum Gasteiger partial charge on any atom is -0.309 e. The third-order valence-corrected chi connectivity index (χ3v) is 3.77. The van der Waals surface area contributed by atoms with Crippen LogP contribution in [0.25, 0.3) is 0 Å².